The van der Waals surface area contributed by atoms with Crippen molar-refractivity contribution in [2.75, 3.05) is 0 Å². The summed E-state index contributed by atoms with van der Waals surface area (Å²) in [4.78, 5) is 3.73. The molecule has 0 aliphatic heterocycles. The van der Waals surface area contributed by atoms with E-state index in [0.717, 1.165) is 6.20 Å². The Balaban J connectivity index is 2.87. The normalized spacial score (nSPS) is 12.1. The van der Waals surface area contributed by atoms with Crippen molar-refractivity contribution in [2.45, 2.75) is 5.03 Å². The Kier molecular flexibility index (Phi) is 1.59. The highest BCUT2D eigenvalue weighted by Gasteiger charge is 2.16. The van der Waals surface area contributed by atoms with Gasteiger partial charge < -0.3 is 0 Å². The number of nitrogens with zero attached hydrogens (tertiary/aromatic N) is 2. The van der Waals surface area contributed by atoms with E-state index >= 15 is 0 Å². The standard InChI is InChI=1S/C7H5FN2O2S/c8-13(11,12)7-5-9-6-3-1-2-4-10(6)7/h1-5H. The highest BCUT2D eigenvalue weighted by molar-refractivity contribution is 7.86. The van der Waals surface area contributed by atoms with Crippen LogP contribution >= 0.6 is 0 Å². The first-order valence-corrected chi connectivity index (χ1v) is 4.84. The largest absolute Gasteiger partial charge is 0.349 e. The van der Waals surface area contributed by atoms with E-state index in [0.29, 0.717) is 5.65 Å². The van der Waals surface area contributed by atoms with Crippen molar-refractivity contribution in [3.05, 3.63) is 30.6 Å². The van der Waals surface area contributed by atoms with E-state index < -0.39 is 15.2 Å². The van der Waals surface area contributed by atoms with E-state index in [9.17, 15) is 12.3 Å². The third kappa shape index (κ3) is 1.29. The molecule has 2 heterocycles. The van der Waals surface area contributed by atoms with E-state index in [1.165, 1.54) is 10.6 Å². The van der Waals surface area contributed by atoms with Crippen molar-refractivity contribution in [1.82, 2.24) is 9.38 Å². The molecule has 0 saturated carbocycles. The average Bonchev–Trinajstić information content (AvgIpc) is 2.45. The molecule has 6 heteroatoms. The van der Waals surface area contributed by atoms with Gasteiger partial charge in [-0.15, -0.1) is 0 Å². The lowest BCUT2D eigenvalue weighted by atomic mass is 10.5. The zero-order valence-electron chi connectivity index (χ0n) is 6.38. The quantitative estimate of drug-likeness (QED) is 0.645. The monoisotopic (exact) mass is 200 g/mol. The van der Waals surface area contributed by atoms with Crippen molar-refractivity contribution in [2.24, 2.45) is 0 Å². The van der Waals surface area contributed by atoms with Crippen LogP contribution in [-0.2, 0) is 10.2 Å². The lowest BCUT2D eigenvalue weighted by Crippen LogP contribution is -1.96. The van der Waals surface area contributed by atoms with Crippen LogP contribution < -0.4 is 0 Å². The first kappa shape index (κ1) is 8.18. The van der Waals surface area contributed by atoms with Crippen LogP contribution in [0.3, 0.4) is 0 Å². The first-order chi connectivity index (χ1) is 6.09. The third-order valence-corrected chi connectivity index (χ3v) is 2.43. The highest BCUT2D eigenvalue weighted by Crippen LogP contribution is 2.13. The number of halogens is 1. The van der Waals surface area contributed by atoms with E-state index in [1.807, 2.05) is 0 Å². The Hall–Kier alpha value is -1.43. The van der Waals surface area contributed by atoms with Gasteiger partial charge in [0.2, 0.25) is 0 Å². The summed E-state index contributed by atoms with van der Waals surface area (Å²) in [7, 11) is -4.69. The zero-order valence-corrected chi connectivity index (χ0v) is 7.20. The summed E-state index contributed by atoms with van der Waals surface area (Å²) in [5.41, 5.74) is 0.402. The molecular weight excluding hydrogens is 195 g/mol. The van der Waals surface area contributed by atoms with Gasteiger partial charge in [0.25, 0.3) is 0 Å². The molecule has 0 N–H and O–H groups in total. The molecule has 0 radical (unpaired) electrons. The molecule has 0 atom stereocenters. The predicted molar refractivity (Wildman–Crippen MR) is 43.5 cm³/mol. The minimum absolute atomic E-state index is 0.402. The van der Waals surface area contributed by atoms with Gasteiger partial charge in [-0.1, -0.05) is 9.95 Å². The molecular formula is C7H5FN2O2S. The maximum atomic E-state index is 12.6. The molecule has 0 aliphatic carbocycles. The molecule has 0 aromatic carbocycles. The molecule has 68 valence electrons. The summed E-state index contributed by atoms with van der Waals surface area (Å²) in [6, 6.07) is 4.88. The van der Waals surface area contributed by atoms with Gasteiger partial charge in [0, 0.05) is 6.20 Å². The summed E-state index contributed by atoms with van der Waals surface area (Å²) in [6.07, 6.45) is 2.43. The second-order valence-corrected chi connectivity index (χ2v) is 3.76. The summed E-state index contributed by atoms with van der Waals surface area (Å²) in [5, 5.41) is -0.442. The SMILES string of the molecule is O=S(=O)(F)c1cnc2ccccn12. The Morgan fingerprint density at radius 3 is 2.85 bits per heavy atom. The fourth-order valence-corrected chi connectivity index (χ4v) is 1.66. The number of hydrogen-bond donors (Lipinski definition) is 0. The van der Waals surface area contributed by atoms with E-state index in [-0.39, 0.29) is 0 Å². The van der Waals surface area contributed by atoms with Crippen LogP contribution in [-0.4, -0.2) is 17.8 Å². The molecule has 0 amide bonds. The molecule has 2 rings (SSSR count). The van der Waals surface area contributed by atoms with Gasteiger partial charge in [-0.3, -0.25) is 4.40 Å². The van der Waals surface area contributed by atoms with Crippen molar-refractivity contribution in [3.63, 3.8) is 0 Å². The molecule has 0 unspecified atom stereocenters. The second-order valence-electron chi connectivity index (χ2n) is 2.46. The van der Waals surface area contributed by atoms with Crippen LogP contribution in [0.15, 0.2) is 35.6 Å². The third-order valence-electron chi connectivity index (χ3n) is 1.63. The fraction of sp³-hybridized carbons (Fsp3) is 0. The molecule has 0 aliphatic rings. The van der Waals surface area contributed by atoms with Crippen LogP contribution in [0.2, 0.25) is 0 Å². The van der Waals surface area contributed by atoms with Crippen LogP contribution in [0.5, 0.6) is 0 Å². The Labute approximate surface area is 73.9 Å². The minimum atomic E-state index is -4.69. The maximum Gasteiger partial charge on any atom is 0.349 e. The number of aromatic nitrogens is 2. The average molecular weight is 200 g/mol. The van der Waals surface area contributed by atoms with Crippen molar-refractivity contribution < 1.29 is 12.3 Å². The highest BCUT2D eigenvalue weighted by atomic mass is 32.3. The van der Waals surface area contributed by atoms with Gasteiger partial charge in [-0.25, -0.2) is 4.98 Å². The lowest BCUT2D eigenvalue weighted by molar-refractivity contribution is 0.546. The number of rotatable bonds is 1. The minimum Gasteiger partial charge on any atom is -0.288 e. The van der Waals surface area contributed by atoms with Gasteiger partial charge in [-0.2, -0.15) is 8.42 Å². The first-order valence-electron chi connectivity index (χ1n) is 3.46. The summed E-state index contributed by atoms with van der Waals surface area (Å²) >= 11 is 0. The molecule has 0 saturated heterocycles. The fourth-order valence-electron chi connectivity index (χ4n) is 1.09. The van der Waals surface area contributed by atoms with Gasteiger partial charge in [0.15, 0.2) is 5.03 Å². The molecule has 0 bridgehead atoms. The van der Waals surface area contributed by atoms with Crippen LogP contribution in [0, 0.1) is 0 Å². The molecule has 2 aromatic rings. The lowest BCUT2D eigenvalue weighted by Gasteiger charge is -1.94. The Morgan fingerprint density at radius 1 is 1.38 bits per heavy atom. The molecule has 2 aromatic heterocycles. The van der Waals surface area contributed by atoms with Crippen LogP contribution in [0.25, 0.3) is 5.65 Å². The molecule has 13 heavy (non-hydrogen) atoms. The Bertz CT molecular complexity index is 546. The molecule has 0 fully saturated rings. The number of fused-ring (bicyclic) bond motifs is 1. The topological polar surface area (TPSA) is 51.4 Å². The molecule has 0 spiro atoms. The summed E-state index contributed by atoms with van der Waals surface area (Å²) in [5.74, 6) is 0. The predicted octanol–water partition coefficient (Wildman–Crippen LogP) is 0.992. The van der Waals surface area contributed by atoms with Gasteiger partial charge in [0.1, 0.15) is 5.65 Å². The van der Waals surface area contributed by atoms with Crippen molar-refractivity contribution in [1.29, 1.82) is 0 Å². The van der Waals surface area contributed by atoms with E-state index in [2.05, 4.69) is 4.98 Å². The molecule has 4 nitrogen and oxygen atoms in total. The zero-order chi connectivity index (χ0) is 9.47. The van der Waals surface area contributed by atoms with Gasteiger partial charge in [0.05, 0.1) is 6.20 Å². The van der Waals surface area contributed by atoms with Crippen molar-refractivity contribution >= 4 is 15.9 Å². The van der Waals surface area contributed by atoms with Gasteiger partial charge >= 0.3 is 10.2 Å². The smallest absolute Gasteiger partial charge is 0.288 e. The van der Waals surface area contributed by atoms with Gasteiger partial charge in [-0.05, 0) is 12.1 Å². The summed E-state index contributed by atoms with van der Waals surface area (Å²) in [6.45, 7) is 0. The Morgan fingerprint density at radius 2 is 2.15 bits per heavy atom. The number of imidazole rings is 1. The van der Waals surface area contributed by atoms with Crippen LogP contribution in [0.4, 0.5) is 3.89 Å². The number of hydrogen-bond acceptors (Lipinski definition) is 3. The van der Waals surface area contributed by atoms with E-state index in [4.69, 9.17) is 0 Å². The van der Waals surface area contributed by atoms with E-state index in [1.54, 1.807) is 18.2 Å². The number of pyridine rings is 1. The maximum absolute atomic E-state index is 12.6. The van der Waals surface area contributed by atoms with Crippen molar-refractivity contribution in [3.8, 4) is 0 Å². The second kappa shape index (κ2) is 2.53. The van der Waals surface area contributed by atoms with Crippen LogP contribution in [0.1, 0.15) is 0 Å². The summed E-state index contributed by atoms with van der Waals surface area (Å²) < 4.78 is 34.9.